The molecule has 1 amide bonds. The number of amides is 1. The number of esters is 2. The first-order chi connectivity index (χ1) is 15.1. The summed E-state index contributed by atoms with van der Waals surface area (Å²) in [5.41, 5.74) is 2.97. The number of fused-ring (bicyclic) bond motifs is 1. The lowest BCUT2D eigenvalue weighted by Gasteiger charge is -2.44. The molecule has 0 saturated heterocycles. The zero-order chi connectivity index (χ0) is 22.0. The van der Waals surface area contributed by atoms with Gasteiger partial charge < -0.3 is 14.8 Å². The molecule has 5 rings (SSSR count). The van der Waals surface area contributed by atoms with E-state index in [0.717, 1.165) is 11.1 Å². The van der Waals surface area contributed by atoms with Crippen LogP contribution in [-0.4, -0.2) is 31.1 Å². The van der Waals surface area contributed by atoms with E-state index < -0.39 is 23.8 Å². The highest BCUT2D eigenvalue weighted by molar-refractivity contribution is 6.05. The normalized spacial score (nSPS) is 23.0. The van der Waals surface area contributed by atoms with E-state index in [2.05, 4.69) is 5.32 Å². The summed E-state index contributed by atoms with van der Waals surface area (Å²) < 4.78 is 10.6. The maximum absolute atomic E-state index is 12.9. The fourth-order valence-electron chi connectivity index (χ4n) is 4.70. The van der Waals surface area contributed by atoms with E-state index >= 15 is 0 Å². The van der Waals surface area contributed by atoms with E-state index in [1.165, 1.54) is 0 Å². The number of carbonyl (C=O) groups excluding carboxylic acids is 3. The van der Waals surface area contributed by atoms with Crippen molar-refractivity contribution in [2.75, 3.05) is 18.5 Å². The smallest absolute Gasteiger partial charge is 0.310 e. The van der Waals surface area contributed by atoms with Crippen LogP contribution in [0, 0.1) is 11.8 Å². The molecule has 2 aromatic rings. The summed E-state index contributed by atoms with van der Waals surface area (Å²) in [4.78, 5) is 38.5. The van der Waals surface area contributed by atoms with Crippen LogP contribution in [0.4, 0.5) is 5.69 Å². The number of ether oxygens (including phenoxy) is 2. The van der Waals surface area contributed by atoms with E-state index in [4.69, 9.17) is 9.47 Å². The molecule has 0 radical (unpaired) electrons. The van der Waals surface area contributed by atoms with E-state index in [0.29, 0.717) is 11.3 Å². The Balaban J connectivity index is 1.75. The Morgan fingerprint density at radius 2 is 1.42 bits per heavy atom. The van der Waals surface area contributed by atoms with Crippen molar-refractivity contribution in [3.63, 3.8) is 0 Å². The molecule has 2 aromatic carbocycles. The molecule has 0 heterocycles. The first-order valence-electron chi connectivity index (χ1n) is 10.6. The maximum Gasteiger partial charge on any atom is 0.310 e. The quantitative estimate of drug-likeness (QED) is 0.564. The molecule has 31 heavy (non-hydrogen) atoms. The van der Waals surface area contributed by atoms with Crippen LogP contribution < -0.4 is 5.32 Å². The lowest BCUT2D eigenvalue weighted by molar-refractivity contribution is -0.162. The highest BCUT2D eigenvalue weighted by atomic mass is 16.5. The number of benzene rings is 2. The minimum atomic E-state index is -0.698. The Bertz CT molecular complexity index is 1030. The highest BCUT2D eigenvalue weighted by Gasteiger charge is 2.52. The summed E-state index contributed by atoms with van der Waals surface area (Å²) in [5, 5.41) is 2.99. The van der Waals surface area contributed by atoms with Gasteiger partial charge in [-0.3, -0.25) is 14.4 Å². The largest absolute Gasteiger partial charge is 0.466 e. The van der Waals surface area contributed by atoms with E-state index in [1.54, 1.807) is 38.1 Å². The molecule has 0 unspecified atom stereocenters. The number of hydrogen-bond acceptors (Lipinski definition) is 5. The fourth-order valence-corrected chi connectivity index (χ4v) is 4.70. The lowest BCUT2D eigenvalue weighted by atomic mass is 9.59. The molecule has 2 bridgehead atoms. The number of hydrogen-bond donors (Lipinski definition) is 1. The topological polar surface area (TPSA) is 81.7 Å². The van der Waals surface area contributed by atoms with Crippen molar-refractivity contribution in [1.82, 2.24) is 0 Å². The monoisotopic (exact) mass is 419 g/mol. The van der Waals surface area contributed by atoms with Gasteiger partial charge in [-0.05, 0) is 43.2 Å². The first-order valence-corrected chi connectivity index (χ1v) is 10.6. The van der Waals surface area contributed by atoms with Gasteiger partial charge in [-0.15, -0.1) is 0 Å². The van der Waals surface area contributed by atoms with Gasteiger partial charge in [-0.2, -0.15) is 0 Å². The number of rotatable bonds is 6. The third-order valence-corrected chi connectivity index (χ3v) is 5.92. The number of nitrogens with one attached hydrogen (secondary N) is 1. The van der Waals surface area contributed by atoms with Crippen LogP contribution in [0.1, 0.15) is 47.2 Å². The predicted molar refractivity (Wildman–Crippen MR) is 116 cm³/mol. The molecule has 3 aliphatic carbocycles. The summed E-state index contributed by atoms with van der Waals surface area (Å²) in [6.45, 7) is 3.96. The maximum atomic E-state index is 12.9. The van der Waals surface area contributed by atoms with Crippen molar-refractivity contribution >= 4 is 23.5 Å². The van der Waals surface area contributed by atoms with Crippen molar-refractivity contribution in [3.05, 3.63) is 77.4 Å². The molecule has 6 heteroatoms. The van der Waals surface area contributed by atoms with Crippen molar-refractivity contribution in [3.8, 4) is 0 Å². The van der Waals surface area contributed by atoms with Crippen molar-refractivity contribution in [1.29, 1.82) is 0 Å². The van der Waals surface area contributed by atoms with Gasteiger partial charge in [0.05, 0.1) is 25.0 Å². The Hall–Kier alpha value is -3.41. The molecular weight excluding hydrogens is 394 g/mol. The molecule has 0 aliphatic heterocycles. The van der Waals surface area contributed by atoms with Crippen molar-refractivity contribution in [2.45, 2.75) is 25.7 Å². The molecule has 4 atom stereocenters. The van der Waals surface area contributed by atoms with Crippen LogP contribution >= 0.6 is 0 Å². The molecule has 0 saturated carbocycles. The molecule has 1 N–H and O–H groups in total. The zero-order valence-electron chi connectivity index (χ0n) is 17.5. The second-order valence-corrected chi connectivity index (χ2v) is 7.62. The summed E-state index contributed by atoms with van der Waals surface area (Å²) in [5.74, 6) is -3.10. The lowest BCUT2D eigenvalue weighted by Crippen LogP contribution is -2.45. The van der Waals surface area contributed by atoms with Gasteiger partial charge in [0.1, 0.15) is 0 Å². The third kappa shape index (κ3) is 3.74. The number of carbonyl (C=O) groups is 3. The van der Waals surface area contributed by atoms with E-state index in [9.17, 15) is 14.4 Å². The van der Waals surface area contributed by atoms with Gasteiger partial charge in [0.2, 0.25) is 0 Å². The van der Waals surface area contributed by atoms with Crippen LogP contribution in [0.5, 0.6) is 0 Å². The van der Waals surface area contributed by atoms with Crippen molar-refractivity contribution < 1.29 is 23.9 Å². The Labute approximate surface area is 181 Å². The standard InChI is InChI=1S/C25H25NO5/c1-3-30-24(28)21-17-13-14-18(22(21)25(29)31-4-2)20-16(17)11-8-12-19(20)26-23(27)15-9-6-5-7-10-15/h5-14,17-18,21-22H,3-4H2,1-2H3,(H,26,27)/t17-,18-,21-,22+/m0/s1. The second-order valence-electron chi connectivity index (χ2n) is 7.62. The van der Waals surface area contributed by atoms with Gasteiger partial charge in [0, 0.05) is 23.1 Å². The van der Waals surface area contributed by atoms with Gasteiger partial charge in [0.25, 0.3) is 5.91 Å². The molecule has 160 valence electrons. The van der Waals surface area contributed by atoms with Crippen LogP contribution in [0.3, 0.4) is 0 Å². The molecule has 3 aliphatic rings. The van der Waals surface area contributed by atoms with Crippen molar-refractivity contribution in [2.24, 2.45) is 11.8 Å². The molecular formula is C25H25NO5. The molecule has 0 aromatic heterocycles. The zero-order valence-corrected chi connectivity index (χ0v) is 17.5. The second kappa shape index (κ2) is 8.76. The average molecular weight is 419 g/mol. The Kier molecular flexibility index (Phi) is 5.89. The van der Waals surface area contributed by atoms with Crippen LogP contribution in [0.25, 0.3) is 0 Å². The highest BCUT2D eigenvalue weighted by Crippen LogP contribution is 2.54. The summed E-state index contributed by atoms with van der Waals surface area (Å²) in [6, 6.07) is 14.6. The van der Waals surface area contributed by atoms with Crippen LogP contribution in [-0.2, 0) is 19.1 Å². The molecule has 0 spiro atoms. The third-order valence-electron chi connectivity index (χ3n) is 5.92. The summed E-state index contributed by atoms with van der Waals surface area (Å²) in [6.07, 6.45) is 3.91. The predicted octanol–water partition coefficient (Wildman–Crippen LogP) is 4.05. The number of allylic oxidation sites excluding steroid dienone is 2. The Morgan fingerprint density at radius 3 is 2.06 bits per heavy atom. The van der Waals surface area contributed by atoms with Crippen LogP contribution in [0.15, 0.2) is 60.7 Å². The summed E-state index contributed by atoms with van der Waals surface area (Å²) in [7, 11) is 0. The minimum absolute atomic E-state index is 0.227. The van der Waals surface area contributed by atoms with Gasteiger partial charge >= 0.3 is 11.9 Å². The van der Waals surface area contributed by atoms with E-state index in [-0.39, 0.29) is 31.0 Å². The number of anilines is 1. The average Bonchev–Trinajstić information content (AvgIpc) is 2.79. The van der Waals surface area contributed by atoms with Crippen LogP contribution in [0.2, 0.25) is 0 Å². The van der Waals surface area contributed by atoms with Gasteiger partial charge in [0.15, 0.2) is 0 Å². The van der Waals surface area contributed by atoms with Gasteiger partial charge in [-0.1, -0.05) is 42.5 Å². The SMILES string of the molecule is CCOC(=O)[C@@H]1[C@H](C(=O)OCC)[C@H]2C=C[C@H]1c1cccc(NC(=O)c3ccccc3)c12. The fraction of sp³-hybridized carbons (Fsp3) is 0.320. The van der Waals surface area contributed by atoms with Gasteiger partial charge in [-0.25, -0.2) is 0 Å². The molecule has 6 nitrogen and oxygen atoms in total. The van der Waals surface area contributed by atoms with E-state index in [1.807, 2.05) is 36.4 Å². The molecule has 0 fully saturated rings. The minimum Gasteiger partial charge on any atom is -0.466 e. The summed E-state index contributed by atoms with van der Waals surface area (Å²) >= 11 is 0. The Morgan fingerprint density at radius 1 is 0.806 bits per heavy atom. The first kappa shape index (κ1) is 20.8.